The second kappa shape index (κ2) is 6.83. The summed E-state index contributed by atoms with van der Waals surface area (Å²) in [4.78, 5) is 14.4. The molecule has 1 atom stereocenters. The van der Waals surface area contributed by atoms with Gasteiger partial charge in [-0.25, -0.2) is 4.79 Å². The molecule has 0 bridgehead atoms. The van der Waals surface area contributed by atoms with E-state index >= 15 is 0 Å². The maximum atomic E-state index is 12.6. The number of rotatable bonds is 3. The van der Waals surface area contributed by atoms with Crippen LogP contribution in [0.2, 0.25) is 0 Å². The standard InChI is InChI=1S/C17H23N5O/c1-21-10-8-16(20-21)14-6-4-9-22(12-14)17(23)19-15-7-3-2-5-13(15)11-18/h2-3,5,7-8,10,14H,4,6,9,11-12,18H2,1H3,(H,19,23). The molecule has 1 saturated heterocycles. The van der Waals surface area contributed by atoms with Crippen LogP contribution in [-0.4, -0.2) is 33.8 Å². The average molecular weight is 313 g/mol. The number of anilines is 1. The Morgan fingerprint density at radius 3 is 2.96 bits per heavy atom. The molecule has 0 aliphatic carbocycles. The number of carbonyl (C=O) groups is 1. The number of aryl methyl sites for hydroxylation is 1. The van der Waals surface area contributed by atoms with E-state index in [-0.39, 0.29) is 6.03 Å². The molecule has 1 aliphatic rings. The van der Waals surface area contributed by atoms with Crippen molar-refractivity contribution in [2.45, 2.75) is 25.3 Å². The van der Waals surface area contributed by atoms with E-state index in [1.807, 2.05) is 53.2 Å². The fourth-order valence-corrected chi connectivity index (χ4v) is 3.07. The van der Waals surface area contributed by atoms with Crippen LogP contribution in [-0.2, 0) is 13.6 Å². The highest BCUT2D eigenvalue weighted by Crippen LogP contribution is 2.26. The highest BCUT2D eigenvalue weighted by atomic mass is 16.2. The van der Waals surface area contributed by atoms with Crippen LogP contribution in [0.1, 0.15) is 30.0 Å². The normalized spacial score (nSPS) is 18.0. The van der Waals surface area contributed by atoms with Gasteiger partial charge in [-0.05, 0) is 30.5 Å². The van der Waals surface area contributed by atoms with E-state index in [1.54, 1.807) is 0 Å². The Hall–Kier alpha value is -2.34. The van der Waals surface area contributed by atoms with Crippen molar-refractivity contribution in [3.8, 4) is 0 Å². The largest absolute Gasteiger partial charge is 0.326 e. The van der Waals surface area contributed by atoms with Crippen molar-refractivity contribution in [3.63, 3.8) is 0 Å². The van der Waals surface area contributed by atoms with Gasteiger partial charge in [0.2, 0.25) is 0 Å². The number of hydrogen-bond acceptors (Lipinski definition) is 3. The molecule has 3 N–H and O–H groups in total. The van der Waals surface area contributed by atoms with Crippen molar-refractivity contribution in [1.29, 1.82) is 0 Å². The van der Waals surface area contributed by atoms with Crippen LogP contribution in [0, 0.1) is 0 Å². The number of hydrogen-bond donors (Lipinski definition) is 2. The fourth-order valence-electron chi connectivity index (χ4n) is 3.07. The van der Waals surface area contributed by atoms with E-state index in [2.05, 4.69) is 10.4 Å². The Labute approximate surface area is 136 Å². The van der Waals surface area contributed by atoms with Gasteiger partial charge < -0.3 is 16.0 Å². The van der Waals surface area contributed by atoms with Crippen LogP contribution in [0.25, 0.3) is 0 Å². The second-order valence-corrected chi connectivity index (χ2v) is 5.99. The zero-order chi connectivity index (χ0) is 16.2. The summed E-state index contributed by atoms with van der Waals surface area (Å²) in [6.45, 7) is 1.89. The van der Waals surface area contributed by atoms with Crippen molar-refractivity contribution >= 4 is 11.7 Å². The molecule has 0 radical (unpaired) electrons. The molecule has 2 amide bonds. The number of piperidine rings is 1. The summed E-state index contributed by atoms with van der Waals surface area (Å²) in [5, 5.41) is 7.47. The molecular formula is C17H23N5O. The van der Waals surface area contributed by atoms with E-state index < -0.39 is 0 Å². The molecule has 1 unspecified atom stereocenters. The number of para-hydroxylation sites is 1. The molecule has 23 heavy (non-hydrogen) atoms. The first-order chi connectivity index (χ1) is 11.2. The van der Waals surface area contributed by atoms with Crippen molar-refractivity contribution in [2.75, 3.05) is 18.4 Å². The third-order valence-corrected chi connectivity index (χ3v) is 4.34. The molecule has 6 heteroatoms. The quantitative estimate of drug-likeness (QED) is 0.913. The lowest BCUT2D eigenvalue weighted by Gasteiger charge is -2.32. The molecule has 2 heterocycles. The van der Waals surface area contributed by atoms with Crippen LogP contribution in [0.5, 0.6) is 0 Å². The summed E-state index contributed by atoms with van der Waals surface area (Å²) in [7, 11) is 1.92. The van der Waals surface area contributed by atoms with E-state index in [9.17, 15) is 4.79 Å². The molecule has 0 spiro atoms. The smallest absolute Gasteiger partial charge is 0.321 e. The Balaban J connectivity index is 1.67. The molecular weight excluding hydrogens is 290 g/mol. The van der Waals surface area contributed by atoms with Gasteiger partial charge in [-0.15, -0.1) is 0 Å². The maximum Gasteiger partial charge on any atom is 0.321 e. The van der Waals surface area contributed by atoms with Crippen LogP contribution in [0.4, 0.5) is 10.5 Å². The van der Waals surface area contributed by atoms with Gasteiger partial charge in [0.1, 0.15) is 0 Å². The zero-order valence-electron chi connectivity index (χ0n) is 13.4. The van der Waals surface area contributed by atoms with Crippen LogP contribution in [0.15, 0.2) is 36.5 Å². The summed E-state index contributed by atoms with van der Waals surface area (Å²) < 4.78 is 1.81. The molecule has 2 aromatic rings. The highest BCUT2D eigenvalue weighted by Gasteiger charge is 2.26. The third-order valence-electron chi connectivity index (χ3n) is 4.34. The minimum atomic E-state index is -0.0634. The molecule has 122 valence electrons. The minimum absolute atomic E-state index is 0.0634. The predicted molar refractivity (Wildman–Crippen MR) is 90.1 cm³/mol. The highest BCUT2D eigenvalue weighted by molar-refractivity contribution is 5.90. The van der Waals surface area contributed by atoms with Crippen molar-refractivity contribution in [1.82, 2.24) is 14.7 Å². The molecule has 1 aliphatic heterocycles. The van der Waals surface area contributed by atoms with E-state index in [0.29, 0.717) is 19.0 Å². The first kappa shape index (κ1) is 15.6. The Kier molecular flexibility index (Phi) is 4.62. The van der Waals surface area contributed by atoms with Gasteiger partial charge in [0.15, 0.2) is 0 Å². The Morgan fingerprint density at radius 1 is 1.39 bits per heavy atom. The van der Waals surface area contributed by atoms with E-state index in [0.717, 1.165) is 36.3 Å². The Morgan fingerprint density at radius 2 is 2.22 bits per heavy atom. The number of likely N-dealkylation sites (tertiary alicyclic amines) is 1. The topological polar surface area (TPSA) is 76.2 Å². The number of amides is 2. The fraction of sp³-hybridized carbons (Fsp3) is 0.412. The summed E-state index contributed by atoms with van der Waals surface area (Å²) in [6.07, 6.45) is 4.01. The van der Waals surface area contributed by atoms with Gasteiger partial charge in [-0.3, -0.25) is 4.68 Å². The number of nitrogens with zero attached hydrogens (tertiary/aromatic N) is 3. The van der Waals surface area contributed by atoms with Gasteiger partial charge in [0.05, 0.1) is 5.69 Å². The number of urea groups is 1. The molecule has 6 nitrogen and oxygen atoms in total. The van der Waals surface area contributed by atoms with Gasteiger partial charge in [-0.2, -0.15) is 5.10 Å². The van der Waals surface area contributed by atoms with E-state index in [4.69, 9.17) is 5.73 Å². The minimum Gasteiger partial charge on any atom is -0.326 e. The lowest BCUT2D eigenvalue weighted by atomic mass is 9.95. The second-order valence-electron chi connectivity index (χ2n) is 5.99. The summed E-state index contributed by atoms with van der Waals surface area (Å²) in [5.74, 6) is 0.306. The number of nitrogens with two attached hydrogens (primary N) is 1. The Bertz CT molecular complexity index is 681. The zero-order valence-corrected chi connectivity index (χ0v) is 13.4. The third kappa shape index (κ3) is 3.53. The van der Waals surface area contributed by atoms with Crippen molar-refractivity contribution < 1.29 is 4.79 Å². The first-order valence-electron chi connectivity index (χ1n) is 8.01. The van der Waals surface area contributed by atoms with Crippen LogP contribution < -0.4 is 11.1 Å². The van der Waals surface area contributed by atoms with Gasteiger partial charge in [0.25, 0.3) is 0 Å². The molecule has 0 saturated carbocycles. The lowest BCUT2D eigenvalue weighted by molar-refractivity contribution is 0.192. The first-order valence-corrected chi connectivity index (χ1v) is 8.01. The van der Waals surface area contributed by atoms with Gasteiger partial charge in [0, 0.05) is 44.5 Å². The number of benzene rings is 1. The molecule has 3 rings (SSSR count). The number of nitrogens with one attached hydrogen (secondary N) is 1. The molecule has 1 aromatic heterocycles. The summed E-state index contributed by atoms with van der Waals surface area (Å²) in [6, 6.07) is 9.63. The number of carbonyl (C=O) groups excluding carboxylic acids is 1. The monoisotopic (exact) mass is 313 g/mol. The summed E-state index contributed by atoms with van der Waals surface area (Å²) in [5.41, 5.74) is 8.53. The average Bonchev–Trinajstić information content (AvgIpc) is 3.02. The number of aromatic nitrogens is 2. The van der Waals surface area contributed by atoms with E-state index in [1.165, 1.54) is 0 Å². The molecule has 1 fully saturated rings. The predicted octanol–water partition coefficient (Wildman–Crippen LogP) is 2.29. The van der Waals surface area contributed by atoms with Gasteiger partial charge >= 0.3 is 6.03 Å². The van der Waals surface area contributed by atoms with Crippen molar-refractivity contribution in [2.24, 2.45) is 12.8 Å². The van der Waals surface area contributed by atoms with Crippen LogP contribution in [0.3, 0.4) is 0 Å². The molecule has 1 aromatic carbocycles. The van der Waals surface area contributed by atoms with Gasteiger partial charge in [-0.1, -0.05) is 18.2 Å². The lowest BCUT2D eigenvalue weighted by Crippen LogP contribution is -2.41. The van der Waals surface area contributed by atoms with Crippen LogP contribution >= 0.6 is 0 Å². The van der Waals surface area contributed by atoms with Crippen molar-refractivity contribution in [3.05, 3.63) is 47.8 Å². The summed E-state index contributed by atoms with van der Waals surface area (Å²) >= 11 is 0. The SMILES string of the molecule is Cn1ccc(C2CCCN(C(=O)Nc3ccccc3CN)C2)n1. The maximum absolute atomic E-state index is 12.6.